The van der Waals surface area contributed by atoms with E-state index in [1.165, 1.54) is 0 Å². The summed E-state index contributed by atoms with van der Waals surface area (Å²) >= 11 is 3.36. The van der Waals surface area contributed by atoms with Gasteiger partial charge in [-0.15, -0.1) is 0 Å². The summed E-state index contributed by atoms with van der Waals surface area (Å²) in [6.45, 7) is 3.93. The van der Waals surface area contributed by atoms with Gasteiger partial charge in [-0.1, -0.05) is 34.1 Å². The van der Waals surface area contributed by atoms with Gasteiger partial charge in [-0.3, -0.25) is 0 Å². The highest BCUT2D eigenvalue weighted by molar-refractivity contribution is 9.10. The van der Waals surface area contributed by atoms with Gasteiger partial charge in [0.25, 0.3) is 0 Å². The van der Waals surface area contributed by atoms with E-state index in [1.807, 2.05) is 56.3 Å². The van der Waals surface area contributed by atoms with E-state index >= 15 is 0 Å². The van der Waals surface area contributed by atoms with Gasteiger partial charge in [0.2, 0.25) is 0 Å². The van der Waals surface area contributed by atoms with Gasteiger partial charge in [-0.05, 0) is 54.8 Å². The Hall–Kier alpha value is -1.81. The van der Waals surface area contributed by atoms with Crippen molar-refractivity contribution in [3.05, 3.63) is 63.6 Å². The standard InChI is InChI=1S/C17H17BrO3/c1-11-7-12(2)9-15(8-11)21-16(17(19)20)10-13-3-5-14(18)6-4-13/h3-9,16H,10H2,1-2H3,(H,19,20)/t16-/m1/s1. The average molecular weight is 349 g/mol. The molecular weight excluding hydrogens is 332 g/mol. The van der Waals surface area contributed by atoms with Crippen molar-refractivity contribution in [3.63, 3.8) is 0 Å². The Balaban J connectivity index is 2.15. The number of ether oxygens (including phenoxy) is 1. The quantitative estimate of drug-likeness (QED) is 0.883. The Morgan fingerprint density at radius 1 is 1.14 bits per heavy atom. The van der Waals surface area contributed by atoms with E-state index in [0.29, 0.717) is 12.2 Å². The Morgan fingerprint density at radius 2 is 1.71 bits per heavy atom. The first-order valence-electron chi connectivity index (χ1n) is 6.66. The highest BCUT2D eigenvalue weighted by Gasteiger charge is 2.20. The van der Waals surface area contributed by atoms with Crippen LogP contribution in [0.3, 0.4) is 0 Å². The second-order valence-corrected chi connectivity index (χ2v) is 6.01. The summed E-state index contributed by atoms with van der Waals surface area (Å²) in [6, 6.07) is 13.3. The lowest BCUT2D eigenvalue weighted by Gasteiger charge is -2.16. The smallest absolute Gasteiger partial charge is 0.345 e. The lowest BCUT2D eigenvalue weighted by molar-refractivity contribution is -0.145. The maximum absolute atomic E-state index is 11.4. The lowest BCUT2D eigenvalue weighted by Crippen LogP contribution is -2.29. The number of carbonyl (C=O) groups is 1. The lowest BCUT2D eigenvalue weighted by atomic mass is 10.1. The molecule has 0 heterocycles. The minimum atomic E-state index is -0.961. The predicted octanol–water partition coefficient (Wildman–Crippen LogP) is 4.14. The largest absolute Gasteiger partial charge is 0.478 e. The molecule has 0 radical (unpaired) electrons. The molecule has 1 N–H and O–H groups in total. The van der Waals surface area contributed by atoms with Crippen LogP contribution in [0.4, 0.5) is 0 Å². The Bertz CT molecular complexity index is 615. The predicted molar refractivity (Wildman–Crippen MR) is 85.8 cm³/mol. The molecule has 1 atom stereocenters. The molecule has 0 amide bonds. The summed E-state index contributed by atoms with van der Waals surface area (Å²) in [6.07, 6.45) is -0.567. The number of rotatable bonds is 5. The molecule has 4 heteroatoms. The first kappa shape index (κ1) is 15.6. The number of hydrogen-bond acceptors (Lipinski definition) is 2. The van der Waals surface area contributed by atoms with Crippen molar-refractivity contribution in [2.24, 2.45) is 0 Å². The molecule has 0 saturated heterocycles. The van der Waals surface area contributed by atoms with Gasteiger partial charge in [0.05, 0.1) is 0 Å². The molecule has 0 aliphatic rings. The molecule has 0 saturated carbocycles. The number of carboxylic acid groups (broad SMARTS) is 1. The third-order valence-corrected chi connectivity index (χ3v) is 3.61. The van der Waals surface area contributed by atoms with Crippen molar-refractivity contribution in [2.75, 3.05) is 0 Å². The molecule has 21 heavy (non-hydrogen) atoms. The van der Waals surface area contributed by atoms with Gasteiger partial charge in [-0.25, -0.2) is 4.79 Å². The van der Waals surface area contributed by atoms with E-state index in [4.69, 9.17) is 4.74 Å². The van der Waals surface area contributed by atoms with E-state index in [0.717, 1.165) is 21.2 Å². The van der Waals surface area contributed by atoms with E-state index in [9.17, 15) is 9.90 Å². The summed E-state index contributed by atoms with van der Waals surface area (Å²) in [5.74, 6) is -0.367. The second-order valence-electron chi connectivity index (χ2n) is 5.10. The first-order chi connectivity index (χ1) is 9.94. The van der Waals surface area contributed by atoms with Crippen LogP contribution < -0.4 is 4.74 Å². The minimum Gasteiger partial charge on any atom is -0.478 e. The molecule has 0 aliphatic carbocycles. The summed E-state index contributed by atoms with van der Waals surface area (Å²) in [7, 11) is 0. The number of hydrogen-bond donors (Lipinski definition) is 1. The fraction of sp³-hybridized carbons (Fsp3) is 0.235. The fourth-order valence-corrected chi connectivity index (χ4v) is 2.44. The molecule has 0 aromatic heterocycles. The summed E-state index contributed by atoms with van der Waals surface area (Å²) in [5.41, 5.74) is 3.03. The molecule has 2 aromatic rings. The average Bonchev–Trinajstić information content (AvgIpc) is 2.39. The Labute approximate surface area is 132 Å². The van der Waals surface area contributed by atoms with Crippen LogP contribution in [0.25, 0.3) is 0 Å². The van der Waals surface area contributed by atoms with Crippen LogP contribution in [0, 0.1) is 13.8 Å². The zero-order valence-electron chi connectivity index (χ0n) is 12.0. The molecule has 0 fully saturated rings. The van der Waals surface area contributed by atoms with Gasteiger partial charge in [0, 0.05) is 10.9 Å². The zero-order valence-corrected chi connectivity index (χ0v) is 13.6. The van der Waals surface area contributed by atoms with Gasteiger partial charge in [0.15, 0.2) is 6.10 Å². The molecule has 2 rings (SSSR count). The maximum atomic E-state index is 11.4. The molecule has 0 aliphatic heterocycles. The SMILES string of the molecule is Cc1cc(C)cc(O[C@H](Cc2ccc(Br)cc2)C(=O)O)c1. The van der Waals surface area contributed by atoms with Crippen LogP contribution in [0.15, 0.2) is 46.9 Å². The van der Waals surface area contributed by atoms with Crippen molar-refractivity contribution < 1.29 is 14.6 Å². The maximum Gasteiger partial charge on any atom is 0.345 e. The topological polar surface area (TPSA) is 46.5 Å². The number of carboxylic acids is 1. The van der Waals surface area contributed by atoms with Crippen molar-refractivity contribution in [3.8, 4) is 5.75 Å². The fourth-order valence-electron chi connectivity index (χ4n) is 2.18. The van der Waals surface area contributed by atoms with Gasteiger partial charge >= 0.3 is 5.97 Å². The number of aryl methyl sites for hydroxylation is 2. The summed E-state index contributed by atoms with van der Waals surface area (Å²) in [4.78, 5) is 11.4. The Morgan fingerprint density at radius 3 is 2.24 bits per heavy atom. The van der Waals surface area contributed by atoms with Gasteiger partial charge in [-0.2, -0.15) is 0 Å². The molecule has 0 bridgehead atoms. The third kappa shape index (κ3) is 4.60. The monoisotopic (exact) mass is 348 g/mol. The van der Waals surface area contributed by atoms with E-state index in [2.05, 4.69) is 15.9 Å². The van der Waals surface area contributed by atoms with Gasteiger partial charge in [0.1, 0.15) is 5.75 Å². The number of aliphatic carboxylic acids is 1. The first-order valence-corrected chi connectivity index (χ1v) is 7.45. The van der Waals surface area contributed by atoms with Crippen LogP contribution in [-0.4, -0.2) is 17.2 Å². The normalized spacial score (nSPS) is 12.0. The third-order valence-electron chi connectivity index (χ3n) is 3.08. The highest BCUT2D eigenvalue weighted by atomic mass is 79.9. The van der Waals surface area contributed by atoms with Crippen LogP contribution in [-0.2, 0) is 11.2 Å². The van der Waals surface area contributed by atoms with Crippen molar-refractivity contribution in [1.29, 1.82) is 0 Å². The second kappa shape index (κ2) is 6.76. The molecule has 2 aromatic carbocycles. The zero-order chi connectivity index (χ0) is 15.4. The molecule has 3 nitrogen and oxygen atoms in total. The Kier molecular flexibility index (Phi) is 5.02. The molecule has 110 valence electrons. The van der Waals surface area contributed by atoms with E-state index < -0.39 is 12.1 Å². The summed E-state index contributed by atoms with van der Waals surface area (Å²) < 4.78 is 6.63. The van der Waals surface area contributed by atoms with Crippen molar-refractivity contribution in [1.82, 2.24) is 0 Å². The number of benzene rings is 2. The van der Waals surface area contributed by atoms with Gasteiger partial charge < -0.3 is 9.84 Å². The minimum absolute atomic E-state index is 0.329. The highest BCUT2D eigenvalue weighted by Crippen LogP contribution is 2.20. The number of halogens is 1. The molecule has 0 spiro atoms. The van der Waals surface area contributed by atoms with Crippen LogP contribution in [0.2, 0.25) is 0 Å². The van der Waals surface area contributed by atoms with Crippen LogP contribution in [0.5, 0.6) is 5.75 Å². The van der Waals surface area contributed by atoms with E-state index in [1.54, 1.807) is 0 Å². The molecule has 0 unspecified atom stereocenters. The van der Waals surface area contributed by atoms with Crippen molar-refractivity contribution >= 4 is 21.9 Å². The van der Waals surface area contributed by atoms with Crippen molar-refractivity contribution in [2.45, 2.75) is 26.4 Å². The summed E-state index contributed by atoms with van der Waals surface area (Å²) in [5, 5.41) is 9.35. The molecular formula is C17H17BrO3. The van der Waals surface area contributed by atoms with E-state index in [-0.39, 0.29) is 0 Å². The van der Waals surface area contributed by atoms with Crippen LogP contribution >= 0.6 is 15.9 Å². The van der Waals surface area contributed by atoms with Crippen LogP contribution in [0.1, 0.15) is 16.7 Å².